The van der Waals surface area contributed by atoms with Crippen molar-refractivity contribution < 1.29 is 27.8 Å². The van der Waals surface area contributed by atoms with E-state index in [4.69, 9.17) is 4.74 Å². The second kappa shape index (κ2) is 7.86. The highest BCUT2D eigenvalue weighted by Crippen LogP contribution is 2.43. The first-order chi connectivity index (χ1) is 14.7. The summed E-state index contributed by atoms with van der Waals surface area (Å²) in [6, 6.07) is 11.4. The zero-order valence-electron chi connectivity index (χ0n) is 16.3. The smallest absolute Gasteiger partial charge is 0.410 e. The van der Waals surface area contributed by atoms with Gasteiger partial charge in [0.1, 0.15) is 17.3 Å². The summed E-state index contributed by atoms with van der Waals surface area (Å²) in [4.78, 5) is 12.5. The summed E-state index contributed by atoms with van der Waals surface area (Å²) in [6.45, 7) is 0. The van der Waals surface area contributed by atoms with Crippen molar-refractivity contribution in [2.24, 2.45) is 0 Å². The molecule has 1 amide bonds. The molecule has 0 fully saturated rings. The van der Waals surface area contributed by atoms with Crippen LogP contribution in [-0.4, -0.2) is 34.1 Å². The topological polar surface area (TPSA) is 88.4 Å². The fraction of sp³-hybridized carbons (Fsp3) is 0.238. The van der Waals surface area contributed by atoms with Gasteiger partial charge in [0.2, 0.25) is 0 Å². The maximum atomic E-state index is 13.8. The fourth-order valence-corrected chi connectivity index (χ4v) is 3.52. The Labute approximate surface area is 175 Å². The van der Waals surface area contributed by atoms with Gasteiger partial charge in [-0.1, -0.05) is 18.2 Å². The second-order valence-corrected chi connectivity index (χ2v) is 7.13. The number of rotatable bonds is 4. The summed E-state index contributed by atoms with van der Waals surface area (Å²) in [5.74, 6) is -0.0439. The van der Waals surface area contributed by atoms with Gasteiger partial charge in [-0.25, -0.2) is 4.68 Å². The van der Waals surface area contributed by atoms with E-state index in [1.807, 2.05) is 0 Å². The van der Waals surface area contributed by atoms with Crippen molar-refractivity contribution in [2.75, 3.05) is 17.7 Å². The van der Waals surface area contributed by atoms with Crippen LogP contribution in [0.15, 0.2) is 54.6 Å². The predicted molar refractivity (Wildman–Crippen MR) is 107 cm³/mol. The lowest BCUT2D eigenvalue weighted by atomic mass is 9.97. The van der Waals surface area contributed by atoms with Crippen molar-refractivity contribution in [3.63, 3.8) is 0 Å². The molecular formula is C21H19F3N4O3. The summed E-state index contributed by atoms with van der Waals surface area (Å²) in [5.41, 5.74) is 0.788. The molecule has 162 valence electrons. The molecule has 4 rings (SSSR count). The highest BCUT2D eigenvalue weighted by Gasteiger charge is 2.46. The number of amides is 1. The molecule has 0 aliphatic carbocycles. The van der Waals surface area contributed by atoms with Gasteiger partial charge in [-0.15, -0.1) is 0 Å². The monoisotopic (exact) mass is 432 g/mol. The number of ether oxygens (including phenoxy) is 1. The average Bonchev–Trinajstić information content (AvgIpc) is 3.16. The van der Waals surface area contributed by atoms with E-state index in [0.717, 1.165) is 4.68 Å². The summed E-state index contributed by atoms with van der Waals surface area (Å²) in [6.07, 6.45) is -4.83. The average molecular weight is 432 g/mol. The van der Waals surface area contributed by atoms with E-state index in [-0.39, 0.29) is 23.7 Å². The number of aromatic hydroxyl groups is 1. The van der Waals surface area contributed by atoms with E-state index in [2.05, 4.69) is 15.7 Å². The number of alkyl halides is 3. The molecule has 0 spiro atoms. The number of hydrogen-bond acceptors (Lipinski definition) is 5. The summed E-state index contributed by atoms with van der Waals surface area (Å²) < 4.78 is 47.3. The maximum absolute atomic E-state index is 13.8. The van der Waals surface area contributed by atoms with Crippen LogP contribution in [0.1, 0.15) is 34.6 Å². The number of phenolic OH excluding ortho intramolecular Hbond substituents is 1. The molecule has 0 unspecified atom stereocenters. The molecule has 0 radical (unpaired) electrons. The standard InChI is InChI=1S/C21H19F3N4O3/c1-31-15-7-5-12(6-8-15)16-10-18(21(22,23)24)28-19(26-16)11-17(27-28)20(30)25-13-3-2-4-14(29)9-13/h2-9,11,16,18,26,29H,10H2,1H3,(H,25,30)/t16-,18+/m0/s1. The van der Waals surface area contributed by atoms with Gasteiger partial charge in [0.25, 0.3) is 5.91 Å². The lowest BCUT2D eigenvalue weighted by Gasteiger charge is -2.33. The quantitative estimate of drug-likeness (QED) is 0.565. The van der Waals surface area contributed by atoms with Crippen molar-refractivity contribution >= 4 is 17.4 Å². The lowest BCUT2D eigenvalue weighted by Crippen LogP contribution is -2.35. The molecule has 31 heavy (non-hydrogen) atoms. The number of nitrogens with zero attached hydrogens (tertiary/aromatic N) is 2. The van der Waals surface area contributed by atoms with Crippen LogP contribution in [0.25, 0.3) is 0 Å². The van der Waals surface area contributed by atoms with Crippen molar-refractivity contribution in [2.45, 2.75) is 24.7 Å². The highest BCUT2D eigenvalue weighted by atomic mass is 19.4. The van der Waals surface area contributed by atoms with Gasteiger partial charge in [0, 0.05) is 24.2 Å². The Morgan fingerprint density at radius 1 is 1.23 bits per heavy atom. The van der Waals surface area contributed by atoms with Crippen LogP contribution in [0.2, 0.25) is 0 Å². The van der Waals surface area contributed by atoms with Gasteiger partial charge in [-0.3, -0.25) is 4.79 Å². The molecule has 3 aromatic rings. The molecule has 0 saturated heterocycles. The number of fused-ring (bicyclic) bond motifs is 1. The summed E-state index contributed by atoms with van der Waals surface area (Å²) in [7, 11) is 1.51. The van der Waals surface area contributed by atoms with E-state index in [1.54, 1.807) is 30.3 Å². The van der Waals surface area contributed by atoms with E-state index in [9.17, 15) is 23.1 Å². The van der Waals surface area contributed by atoms with Gasteiger partial charge in [0.05, 0.1) is 13.2 Å². The zero-order chi connectivity index (χ0) is 22.2. The number of nitrogens with one attached hydrogen (secondary N) is 2. The predicted octanol–water partition coefficient (Wildman–Crippen LogP) is 4.51. The second-order valence-electron chi connectivity index (χ2n) is 7.13. The highest BCUT2D eigenvalue weighted by molar-refractivity contribution is 6.03. The molecule has 0 bridgehead atoms. The number of phenols is 1. The Bertz CT molecular complexity index is 1100. The third-order valence-corrected chi connectivity index (χ3v) is 5.04. The molecule has 1 aliphatic rings. The fourth-order valence-electron chi connectivity index (χ4n) is 3.52. The third kappa shape index (κ3) is 4.27. The molecule has 3 N–H and O–H groups in total. The molecule has 1 aromatic heterocycles. The normalized spacial score (nSPS) is 18.1. The van der Waals surface area contributed by atoms with E-state index in [0.29, 0.717) is 17.0 Å². The SMILES string of the molecule is COc1ccc([C@@H]2C[C@H](C(F)(F)F)n3nc(C(=O)Nc4cccc(O)c4)cc3N2)cc1. The van der Waals surface area contributed by atoms with Crippen LogP contribution in [0.5, 0.6) is 11.5 Å². The number of anilines is 2. The Hall–Kier alpha value is -3.69. The third-order valence-electron chi connectivity index (χ3n) is 5.04. The van der Waals surface area contributed by atoms with Gasteiger partial charge >= 0.3 is 6.18 Å². The zero-order valence-corrected chi connectivity index (χ0v) is 16.3. The molecule has 10 heteroatoms. The number of methoxy groups -OCH3 is 1. The first-order valence-corrected chi connectivity index (χ1v) is 9.42. The van der Waals surface area contributed by atoms with E-state index in [1.165, 1.54) is 31.4 Å². The lowest BCUT2D eigenvalue weighted by molar-refractivity contribution is -0.173. The van der Waals surface area contributed by atoms with E-state index >= 15 is 0 Å². The van der Waals surface area contributed by atoms with E-state index < -0.39 is 24.2 Å². The van der Waals surface area contributed by atoms with Crippen LogP contribution in [0.3, 0.4) is 0 Å². The summed E-state index contributed by atoms with van der Waals surface area (Å²) >= 11 is 0. The van der Waals surface area contributed by atoms with Crippen LogP contribution < -0.4 is 15.4 Å². The minimum atomic E-state index is -4.55. The van der Waals surface area contributed by atoms with Gasteiger partial charge in [0.15, 0.2) is 11.7 Å². The number of carbonyl (C=O) groups is 1. The number of benzene rings is 2. The molecule has 2 heterocycles. The van der Waals surface area contributed by atoms with Crippen molar-refractivity contribution in [3.05, 3.63) is 65.9 Å². The van der Waals surface area contributed by atoms with Gasteiger partial charge in [-0.05, 0) is 29.8 Å². The minimum absolute atomic E-state index is 0.0527. The largest absolute Gasteiger partial charge is 0.508 e. The number of carbonyl (C=O) groups excluding carboxylic acids is 1. The number of aromatic nitrogens is 2. The molecule has 2 aromatic carbocycles. The van der Waals surface area contributed by atoms with Gasteiger partial charge in [-0.2, -0.15) is 18.3 Å². The van der Waals surface area contributed by atoms with Crippen LogP contribution in [-0.2, 0) is 0 Å². The Balaban J connectivity index is 1.63. The molecule has 1 aliphatic heterocycles. The Morgan fingerprint density at radius 2 is 1.97 bits per heavy atom. The summed E-state index contributed by atoms with van der Waals surface area (Å²) in [5, 5.41) is 19.0. The minimum Gasteiger partial charge on any atom is -0.508 e. The van der Waals surface area contributed by atoms with Crippen molar-refractivity contribution in [3.8, 4) is 11.5 Å². The van der Waals surface area contributed by atoms with Crippen LogP contribution in [0, 0.1) is 0 Å². The first-order valence-electron chi connectivity index (χ1n) is 9.42. The molecule has 2 atom stereocenters. The number of halogens is 3. The maximum Gasteiger partial charge on any atom is 0.410 e. The van der Waals surface area contributed by atoms with Crippen molar-refractivity contribution in [1.29, 1.82) is 0 Å². The van der Waals surface area contributed by atoms with Crippen molar-refractivity contribution in [1.82, 2.24) is 9.78 Å². The Kier molecular flexibility index (Phi) is 5.22. The van der Waals surface area contributed by atoms with Crippen LogP contribution >= 0.6 is 0 Å². The van der Waals surface area contributed by atoms with Crippen LogP contribution in [0.4, 0.5) is 24.7 Å². The Morgan fingerprint density at radius 3 is 2.61 bits per heavy atom. The number of hydrogen-bond donors (Lipinski definition) is 3. The van der Waals surface area contributed by atoms with Gasteiger partial charge < -0.3 is 20.5 Å². The molecule has 0 saturated carbocycles. The first kappa shape index (κ1) is 20.6. The molecular weight excluding hydrogens is 413 g/mol. The molecule has 7 nitrogen and oxygen atoms in total.